The van der Waals surface area contributed by atoms with E-state index in [9.17, 15) is 0 Å². The first-order valence-corrected chi connectivity index (χ1v) is 7.50. The summed E-state index contributed by atoms with van der Waals surface area (Å²) in [5.74, 6) is 3.13. The zero-order valence-electron chi connectivity index (χ0n) is 12.5. The average Bonchev–Trinajstić information content (AvgIpc) is 2.42. The van der Waals surface area contributed by atoms with Gasteiger partial charge in [-0.05, 0) is 61.3 Å². The Morgan fingerprint density at radius 2 is 1.95 bits per heavy atom. The van der Waals surface area contributed by atoms with Crippen LogP contribution in [0.4, 0.5) is 0 Å². The van der Waals surface area contributed by atoms with Crippen LogP contribution in [0.15, 0.2) is 18.2 Å². The molecule has 0 heterocycles. The maximum Gasteiger partial charge on any atom is 0.121 e. The molecule has 106 valence electrons. The van der Waals surface area contributed by atoms with E-state index in [0.29, 0.717) is 5.92 Å². The molecule has 1 unspecified atom stereocenters. The number of hydrogen-bond donors (Lipinski definition) is 1. The Kier molecular flexibility index (Phi) is 4.87. The lowest BCUT2D eigenvalue weighted by Gasteiger charge is -2.32. The molecule has 1 fully saturated rings. The lowest BCUT2D eigenvalue weighted by molar-refractivity contribution is 0.256. The van der Waals surface area contributed by atoms with Gasteiger partial charge in [0.1, 0.15) is 5.75 Å². The molecule has 1 aliphatic carbocycles. The predicted molar refractivity (Wildman–Crippen MR) is 80.6 cm³/mol. The largest absolute Gasteiger partial charge is 0.496 e. The van der Waals surface area contributed by atoms with E-state index >= 15 is 0 Å². The smallest absolute Gasteiger partial charge is 0.121 e. The fourth-order valence-corrected chi connectivity index (χ4v) is 3.42. The van der Waals surface area contributed by atoms with Crippen LogP contribution in [0.1, 0.15) is 49.7 Å². The minimum absolute atomic E-state index is 0.511. The molecule has 0 aromatic heterocycles. The highest BCUT2D eigenvalue weighted by Crippen LogP contribution is 2.38. The van der Waals surface area contributed by atoms with Gasteiger partial charge in [0, 0.05) is 0 Å². The Morgan fingerprint density at radius 1 is 1.26 bits per heavy atom. The SMILES string of the molecule is COc1ccc(C(CN)C2CCC(C)CC2)cc1C. The predicted octanol–water partition coefficient (Wildman–Crippen LogP) is 3.87. The van der Waals surface area contributed by atoms with Gasteiger partial charge in [-0.2, -0.15) is 0 Å². The standard InChI is InChI=1S/C17H27NO/c1-12-4-6-14(7-5-12)16(11-18)15-8-9-17(19-3)13(2)10-15/h8-10,12,14,16H,4-7,11,18H2,1-3H3. The van der Waals surface area contributed by atoms with Crippen LogP contribution >= 0.6 is 0 Å². The molecule has 0 saturated heterocycles. The molecule has 2 nitrogen and oxygen atoms in total. The molecule has 0 amide bonds. The number of nitrogens with two attached hydrogens (primary N) is 1. The molecular weight excluding hydrogens is 234 g/mol. The molecule has 2 heteroatoms. The Morgan fingerprint density at radius 3 is 2.47 bits per heavy atom. The zero-order chi connectivity index (χ0) is 13.8. The normalized spacial score (nSPS) is 25.1. The Labute approximate surface area is 117 Å². The second kappa shape index (κ2) is 6.42. The van der Waals surface area contributed by atoms with Crippen molar-refractivity contribution in [3.63, 3.8) is 0 Å². The molecule has 2 rings (SSSR count). The van der Waals surface area contributed by atoms with Gasteiger partial charge >= 0.3 is 0 Å². The van der Waals surface area contributed by atoms with Crippen LogP contribution in [0, 0.1) is 18.8 Å². The van der Waals surface area contributed by atoms with Gasteiger partial charge in [0.25, 0.3) is 0 Å². The Hall–Kier alpha value is -1.02. The van der Waals surface area contributed by atoms with Gasteiger partial charge in [-0.1, -0.05) is 31.9 Å². The Balaban J connectivity index is 2.15. The lowest BCUT2D eigenvalue weighted by Crippen LogP contribution is -2.25. The van der Waals surface area contributed by atoms with E-state index in [2.05, 4.69) is 32.0 Å². The van der Waals surface area contributed by atoms with Crippen molar-refractivity contribution >= 4 is 0 Å². The van der Waals surface area contributed by atoms with Crippen molar-refractivity contribution in [3.05, 3.63) is 29.3 Å². The van der Waals surface area contributed by atoms with Gasteiger partial charge < -0.3 is 10.5 Å². The summed E-state index contributed by atoms with van der Waals surface area (Å²) in [4.78, 5) is 0. The summed E-state index contributed by atoms with van der Waals surface area (Å²) >= 11 is 0. The molecule has 0 bridgehead atoms. The molecule has 1 aliphatic rings. The van der Waals surface area contributed by atoms with E-state index in [0.717, 1.165) is 24.1 Å². The van der Waals surface area contributed by atoms with Crippen LogP contribution in [0.5, 0.6) is 5.75 Å². The summed E-state index contributed by atoms with van der Waals surface area (Å²) in [7, 11) is 1.73. The van der Waals surface area contributed by atoms with Gasteiger partial charge in [-0.25, -0.2) is 0 Å². The minimum Gasteiger partial charge on any atom is -0.496 e. The van der Waals surface area contributed by atoms with Crippen LogP contribution in [0.25, 0.3) is 0 Å². The van der Waals surface area contributed by atoms with E-state index in [-0.39, 0.29) is 0 Å². The highest BCUT2D eigenvalue weighted by Gasteiger charge is 2.26. The monoisotopic (exact) mass is 261 g/mol. The van der Waals surface area contributed by atoms with Crippen molar-refractivity contribution in [1.82, 2.24) is 0 Å². The molecule has 0 radical (unpaired) electrons. The van der Waals surface area contributed by atoms with E-state index in [1.165, 1.54) is 36.8 Å². The molecular formula is C17H27NO. The second-order valence-corrected chi connectivity index (χ2v) is 6.09. The number of methoxy groups -OCH3 is 1. The van der Waals surface area contributed by atoms with Crippen molar-refractivity contribution < 1.29 is 4.74 Å². The van der Waals surface area contributed by atoms with Crippen LogP contribution in [0.2, 0.25) is 0 Å². The third-order valence-corrected chi connectivity index (χ3v) is 4.73. The first-order valence-electron chi connectivity index (χ1n) is 7.50. The lowest BCUT2D eigenvalue weighted by atomic mass is 9.74. The van der Waals surface area contributed by atoms with Gasteiger partial charge in [0.2, 0.25) is 0 Å². The van der Waals surface area contributed by atoms with Crippen molar-refractivity contribution in [1.29, 1.82) is 0 Å². The summed E-state index contributed by atoms with van der Waals surface area (Å²) in [6, 6.07) is 6.54. The molecule has 1 atom stereocenters. The summed E-state index contributed by atoms with van der Waals surface area (Å²) < 4.78 is 5.34. The topological polar surface area (TPSA) is 35.2 Å². The van der Waals surface area contributed by atoms with E-state index < -0.39 is 0 Å². The molecule has 1 saturated carbocycles. The van der Waals surface area contributed by atoms with Crippen molar-refractivity contribution in [2.45, 2.75) is 45.4 Å². The first-order chi connectivity index (χ1) is 9.15. The van der Waals surface area contributed by atoms with Crippen LogP contribution in [-0.4, -0.2) is 13.7 Å². The molecule has 0 spiro atoms. The highest BCUT2D eigenvalue weighted by atomic mass is 16.5. The van der Waals surface area contributed by atoms with Gasteiger partial charge in [-0.15, -0.1) is 0 Å². The number of ether oxygens (including phenoxy) is 1. The maximum atomic E-state index is 6.06. The van der Waals surface area contributed by atoms with Crippen molar-refractivity contribution in [2.24, 2.45) is 17.6 Å². The number of hydrogen-bond acceptors (Lipinski definition) is 2. The molecule has 1 aromatic carbocycles. The average molecular weight is 261 g/mol. The summed E-state index contributed by atoms with van der Waals surface area (Å²) in [5, 5.41) is 0. The molecule has 0 aliphatic heterocycles. The van der Waals surface area contributed by atoms with E-state index in [1.54, 1.807) is 7.11 Å². The summed E-state index contributed by atoms with van der Waals surface area (Å²) in [6.45, 7) is 5.23. The quantitative estimate of drug-likeness (QED) is 0.893. The molecule has 1 aromatic rings. The number of aryl methyl sites for hydroxylation is 1. The van der Waals surface area contributed by atoms with Crippen molar-refractivity contribution in [2.75, 3.05) is 13.7 Å². The van der Waals surface area contributed by atoms with Crippen LogP contribution < -0.4 is 10.5 Å². The zero-order valence-corrected chi connectivity index (χ0v) is 12.5. The van der Waals surface area contributed by atoms with Crippen LogP contribution in [0.3, 0.4) is 0 Å². The van der Waals surface area contributed by atoms with E-state index in [4.69, 9.17) is 10.5 Å². The second-order valence-electron chi connectivity index (χ2n) is 6.09. The minimum atomic E-state index is 0.511. The fourth-order valence-electron chi connectivity index (χ4n) is 3.42. The summed E-state index contributed by atoms with van der Waals surface area (Å²) in [6.07, 6.45) is 5.37. The summed E-state index contributed by atoms with van der Waals surface area (Å²) in [5.41, 5.74) is 8.66. The number of benzene rings is 1. The van der Waals surface area contributed by atoms with Crippen molar-refractivity contribution in [3.8, 4) is 5.75 Å². The maximum absolute atomic E-state index is 6.06. The van der Waals surface area contributed by atoms with Gasteiger partial charge in [0.15, 0.2) is 0 Å². The van der Waals surface area contributed by atoms with Gasteiger partial charge in [-0.3, -0.25) is 0 Å². The van der Waals surface area contributed by atoms with Crippen LogP contribution in [-0.2, 0) is 0 Å². The van der Waals surface area contributed by atoms with Gasteiger partial charge in [0.05, 0.1) is 7.11 Å². The highest BCUT2D eigenvalue weighted by molar-refractivity contribution is 5.38. The third kappa shape index (κ3) is 3.30. The Bertz CT molecular complexity index is 408. The fraction of sp³-hybridized carbons (Fsp3) is 0.647. The molecule has 19 heavy (non-hydrogen) atoms. The first kappa shape index (κ1) is 14.4. The number of rotatable bonds is 4. The third-order valence-electron chi connectivity index (χ3n) is 4.73. The van der Waals surface area contributed by atoms with E-state index in [1.807, 2.05) is 0 Å². The molecule has 2 N–H and O–H groups in total.